The number of Topliss-reactive ketones (excluding diaryl/α,β-unsaturated/α-hetero) is 1. The van der Waals surface area contributed by atoms with Gasteiger partial charge in [0.1, 0.15) is 0 Å². The second-order valence-corrected chi connectivity index (χ2v) is 7.14. The summed E-state index contributed by atoms with van der Waals surface area (Å²) < 4.78 is 0. The van der Waals surface area contributed by atoms with Crippen molar-refractivity contribution in [3.8, 4) is 0 Å². The van der Waals surface area contributed by atoms with Crippen molar-refractivity contribution < 1.29 is 4.79 Å². The highest BCUT2D eigenvalue weighted by molar-refractivity contribution is 6.16. The molecule has 126 valence electrons. The fourth-order valence-electron chi connectivity index (χ4n) is 3.58. The number of carbonyl (C=O) groups excluding carboxylic acids is 1. The van der Waals surface area contributed by atoms with Crippen LogP contribution in [0.5, 0.6) is 0 Å². The number of nitrogens with zero attached hydrogens (tertiary/aromatic N) is 1. The molecule has 0 fully saturated rings. The van der Waals surface area contributed by atoms with Gasteiger partial charge in [-0.25, -0.2) is 0 Å². The number of allylic oxidation sites excluding steroid dienone is 2. The molecule has 0 saturated carbocycles. The number of hydrogen-bond donors (Lipinski definition) is 1. The van der Waals surface area contributed by atoms with Gasteiger partial charge < -0.3 is 5.32 Å². The average Bonchev–Trinajstić information content (AvgIpc) is 2.81. The lowest BCUT2D eigenvalue weighted by molar-refractivity contribution is -0.115. The summed E-state index contributed by atoms with van der Waals surface area (Å²) in [5.74, 6) is 0.912. The summed E-state index contributed by atoms with van der Waals surface area (Å²) in [5, 5.41) is 3.45. The first kappa shape index (κ1) is 15.8. The van der Waals surface area contributed by atoms with Gasteiger partial charge in [0.15, 0.2) is 5.78 Å². The second kappa shape index (κ2) is 6.32. The summed E-state index contributed by atoms with van der Waals surface area (Å²) in [4.78, 5) is 17.2. The van der Waals surface area contributed by atoms with Gasteiger partial charge in [-0.2, -0.15) is 0 Å². The Hall–Kier alpha value is -2.68. The summed E-state index contributed by atoms with van der Waals surface area (Å²) in [7, 11) is 0. The summed E-state index contributed by atoms with van der Waals surface area (Å²) in [5.41, 5.74) is 6.13. The highest BCUT2D eigenvalue weighted by Crippen LogP contribution is 2.38. The number of ketones is 1. The van der Waals surface area contributed by atoms with E-state index in [1.807, 2.05) is 24.3 Å². The molecule has 25 heavy (non-hydrogen) atoms. The molecule has 1 aliphatic carbocycles. The zero-order chi connectivity index (χ0) is 17.4. The van der Waals surface area contributed by atoms with Gasteiger partial charge in [-0.1, -0.05) is 50.2 Å². The minimum absolute atomic E-state index is 0.170. The third-order valence-corrected chi connectivity index (χ3v) is 5.10. The van der Waals surface area contributed by atoms with Gasteiger partial charge in [0.25, 0.3) is 0 Å². The van der Waals surface area contributed by atoms with Crippen LogP contribution < -0.4 is 5.32 Å². The molecule has 3 heteroatoms. The molecule has 1 heterocycles. The Kier molecular flexibility index (Phi) is 4.00. The minimum Gasteiger partial charge on any atom is -0.356 e. The van der Waals surface area contributed by atoms with Crippen molar-refractivity contribution in [3.05, 3.63) is 70.9 Å². The molecular formula is C22H22N2O. The molecule has 2 aromatic carbocycles. The summed E-state index contributed by atoms with van der Waals surface area (Å²) in [6, 6.07) is 16.6. The molecule has 4 rings (SSSR count). The Morgan fingerprint density at radius 3 is 2.56 bits per heavy atom. The number of carbonyl (C=O) groups is 1. The lowest BCUT2D eigenvalue weighted by atomic mass is 9.81. The lowest BCUT2D eigenvalue weighted by Gasteiger charge is -2.26. The maximum atomic E-state index is 12.7. The molecule has 0 unspecified atom stereocenters. The average molecular weight is 330 g/mol. The van der Waals surface area contributed by atoms with E-state index in [0.717, 1.165) is 29.1 Å². The van der Waals surface area contributed by atoms with E-state index in [1.54, 1.807) is 6.21 Å². The van der Waals surface area contributed by atoms with Crippen LogP contribution in [0.1, 0.15) is 49.7 Å². The zero-order valence-electron chi connectivity index (χ0n) is 14.6. The molecule has 1 atom stereocenters. The normalized spacial score (nSPS) is 19.3. The second-order valence-electron chi connectivity index (χ2n) is 7.14. The molecule has 3 nitrogen and oxygen atoms in total. The van der Waals surface area contributed by atoms with Crippen LogP contribution in [0.15, 0.2) is 64.8 Å². The Labute approximate surface area is 148 Å². The largest absolute Gasteiger partial charge is 0.356 e. The van der Waals surface area contributed by atoms with Crippen molar-refractivity contribution in [2.24, 2.45) is 4.99 Å². The lowest BCUT2D eigenvalue weighted by Crippen LogP contribution is -2.22. The van der Waals surface area contributed by atoms with Crippen molar-refractivity contribution in [2.75, 3.05) is 5.32 Å². The Balaban J connectivity index is 1.64. The van der Waals surface area contributed by atoms with Crippen LogP contribution in [-0.2, 0) is 4.79 Å². The van der Waals surface area contributed by atoms with Gasteiger partial charge in [0.05, 0.1) is 16.9 Å². The monoisotopic (exact) mass is 330 g/mol. The highest BCUT2D eigenvalue weighted by atomic mass is 16.1. The third kappa shape index (κ3) is 3.02. The molecule has 1 N–H and O–H groups in total. The van der Waals surface area contributed by atoms with Gasteiger partial charge in [-0.15, -0.1) is 0 Å². The van der Waals surface area contributed by atoms with E-state index in [0.29, 0.717) is 12.3 Å². The molecule has 0 aromatic heterocycles. The van der Waals surface area contributed by atoms with Crippen LogP contribution in [0.2, 0.25) is 0 Å². The van der Waals surface area contributed by atoms with E-state index in [-0.39, 0.29) is 11.7 Å². The van der Waals surface area contributed by atoms with Gasteiger partial charge in [-0.3, -0.25) is 9.79 Å². The Morgan fingerprint density at radius 2 is 1.80 bits per heavy atom. The number of anilines is 1. The number of aliphatic imine (C=N–C) groups is 1. The maximum Gasteiger partial charge on any atom is 0.166 e. The van der Waals surface area contributed by atoms with Crippen molar-refractivity contribution in [1.82, 2.24) is 0 Å². The van der Waals surface area contributed by atoms with E-state index in [1.165, 1.54) is 11.1 Å². The van der Waals surface area contributed by atoms with Crippen LogP contribution >= 0.6 is 0 Å². The van der Waals surface area contributed by atoms with E-state index < -0.39 is 0 Å². The van der Waals surface area contributed by atoms with Gasteiger partial charge in [0.2, 0.25) is 0 Å². The molecule has 0 radical (unpaired) electrons. The topological polar surface area (TPSA) is 41.5 Å². The molecule has 0 amide bonds. The molecule has 0 bridgehead atoms. The maximum absolute atomic E-state index is 12.7. The molecule has 2 aliphatic rings. The van der Waals surface area contributed by atoms with Crippen LogP contribution in [0.25, 0.3) is 0 Å². The number of nitrogens with one attached hydrogen (secondary N) is 1. The minimum atomic E-state index is 0.170. The van der Waals surface area contributed by atoms with Crippen molar-refractivity contribution in [3.63, 3.8) is 0 Å². The molecule has 1 aliphatic heterocycles. The summed E-state index contributed by atoms with van der Waals surface area (Å²) in [6.07, 6.45) is 3.11. The molecule has 2 aromatic rings. The number of benzene rings is 2. The third-order valence-electron chi connectivity index (χ3n) is 5.10. The van der Waals surface area contributed by atoms with Gasteiger partial charge in [-0.05, 0) is 41.5 Å². The van der Waals surface area contributed by atoms with Gasteiger partial charge >= 0.3 is 0 Å². The first-order valence-corrected chi connectivity index (χ1v) is 8.88. The Morgan fingerprint density at radius 1 is 1.04 bits per heavy atom. The summed E-state index contributed by atoms with van der Waals surface area (Å²) >= 11 is 0. The van der Waals surface area contributed by atoms with E-state index in [4.69, 9.17) is 0 Å². The standard InChI is InChI=1S/C22H22N2O/c1-14(2)15-7-9-16(10-8-15)17-11-21-18(22(25)12-17)13-23-19-5-3-4-6-20(19)24-21/h3-10,13-14,17,24H,11-12H2,1-2H3/t17-/m0/s1. The smallest absolute Gasteiger partial charge is 0.166 e. The van der Waals surface area contributed by atoms with Crippen LogP contribution in [-0.4, -0.2) is 12.0 Å². The fraction of sp³-hybridized carbons (Fsp3) is 0.273. The van der Waals surface area contributed by atoms with E-state index in [2.05, 4.69) is 48.4 Å². The molecular weight excluding hydrogens is 308 g/mol. The number of para-hydroxylation sites is 2. The highest BCUT2D eigenvalue weighted by Gasteiger charge is 2.29. The number of rotatable bonds is 2. The predicted octanol–water partition coefficient (Wildman–Crippen LogP) is 5.34. The SMILES string of the molecule is CC(C)c1ccc([C@@H]2CC(=O)C3=C(C2)Nc2ccccc2N=C3)cc1. The van der Waals surface area contributed by atoms with Crippen molar-refractivity contribution >= 4 is 23.4 Å². The van der Waals surface area contributed by atoms with Crippen LogP contribution in [0, 0.1) is 0 Å². The van der Waals surface area contributed by atoms with Crippen molar-refractivity contribution in [2.45, 2.75) is 38.5 Å². The van der Waals surface area contributed by atoms with Crippen LogP contribution in [0.4, 0.5) is 11.4 Å². The number of fused-ring (bicyclic) bond motifs is 1. The van der Waals surface area contributed by atoms with Gasteiger partial charge in [0, 0.05) is 18.3 Å². The van der Waals surface area contributed by atoms with Crippen molar-refractivity contribution in [1.29, 1.82) is 0 Å². The molecule has 0 saturated heterocycles. The first-order valence-electron chi connectivity index (χ1n) is 8.88. The Bertz CT molecular complexity index is 875. The summed E-state index contributed by atoms with van der Waals surface area (Å²) in [6.45, 7) is 4.39. The molecule has 0 spiro atoms. The van der Waals surface area contributed by atoms with E-state index >= 15 is 0 Å². The number of hydrogen-bond acceptors (Lipinski definition) is 3. The zero-order valence-corrected chi connectivity index (χ0v) is 14.6. The van der Waals surface area contributed by atoms with E-state index in [9.17, 15) is 4.79 Å². The predicted molar refractivity (Wildman–Crippen MR) is 103 cm³/mol. The quantitative estimate of drug-likeness (QED) is 0.807. The van der Waals surface area contributed by atoms with Crippen LogP contribution in [0.3, 0.4) is 0 Å². The first-order chi connectivity index (χ1) is 12.1. The fourth-order valence-corrected chi connectivity index (χ4v) is 3.58.